The molecule has 0 aliphatic carbocycles. The Balaban J connectivity index is 2.06. The summed E-state index contributed by atoms with van der Waals surface area (Å²) in [5, 5.41) is 0.609. The summed E-state index contributed by atoms with van der Waals surface area (Å²) in [6.07, 6.45) is 0.587. The second-order valence-electron chi connectivity index (χ2n) is 3.91. The molecule has 1 aliphatic rings. The van der Waals surface area contributed by atoms with E-state index in [9.17, 15) is 13.2 Å². The van der Waals surface area contributed by atoms with Gasteiger partial charge in [0, 0.05) is 18.0 Å². The predicted octanol–water partition coefficient (Wildman–Crippen LogP) is 1.44. The van der Waals surface area contributed by atoms with Crippen LogP contribution >= 0.6 is 11.6 Å². The maximum Gasteiger partial charge on any atom is 0.237 e. The lowest BCUT2D eigenvalue weighted by atomic mass is 10.1. The highest BCUT2D eigenvalue weighted by atomic mass is 35.5. The summed E-state index contributed by atoms with van der Waals surface area (Å²) in [5.41, 5.74) is 0.924. The normalized spacial score (nSPS) is 18.6. The van der Waals surface area contributed by atoms with Crippen LogP contribution in [0.5, 0.6) is 0 Å². The molecule has 1 saturated heterocycles. The van der Waals surface area contributed by atoms with Crippen molar-refractivity contribution in [2.45, 2.75) is 12.8 Å². The van der Waals surface area contributed by atoms with Gasteiger partial charge in [-0.3, -0.25) is 4.79 Å². The molecule has 1 aliphatic heterocycles. The lowest BCUT2D eigenvalue weighted by Gasteiger charge is -2.14. The first-order valence-corrected chi connectivity index (χ1v) is 7.25. The molecular formula is C11H12ClNO3S. The summed E-state index contributed by atoms with van der Waals surface area (Å²) in [4.78, 5) is 11.4. The van der Waals surface area contributed by atoms with E-state index >= 15 is 0 Å². The summed E-state index contributed by atoms with van der Waals surface area (Å²) in [6.45, 7) is 0.196. The maximum absolute atomic E-state index is 11.5. The van der Waals surface area contributed by atoms with Crippen LogP contribution in [-0.4, -0.2) is 30.9 Å². The van der Waals surface area contributed by atoms with Crippen molar-refractivity contribution in [3.05, 3.63) is 34.9 Å². The molecule has 0 bridgehead atoms. The van der Waals surface area contributed by atoms with E-state index in [4.69, 9.17) is 11.6 Å². The van der Waals surface area contributed by atoms with Gasteiger partial charge in [-0.1, -0.05) is 23.7 Å². The molecule has 6 heteroatoms. The Morgan fingerprint density at radius 1 is 1.35 bits per heavy atom. The molecule has 2 rings (SSSR count). The number of carbonyl (C=O) groups is 1. The second-order valence-corrected chi connectivity index (χ2v) is 6.36. The second kappa shape index (κ2) is 4.66. The van der Waals surface area contributed by atoms with Gasteiger partial charge in [-0.15, -0.1) is 0 Å². The van der Waals surface area contributed by atoms with Gasteiger partial charge in [0.25, 0.3) is 0 Å². The van der Waals surface area contributed by atoms with E-state index in [1.54, 1.807) is 18.2 Å². The van der Waals surface area contributed by atoms with E-state index < -0.39 is 10.0 Å². The van der Waals surface area contributed by atoms with Gasteiger partial charge in [-0.05, 0) is 24.1 Å². The fraction of sp³-hybridized carbons (Fsp3) is 0.364. The number of benzene rings is 1. The van der Waals surface area contributed by atoms with E-state index in [0.717, 1.165) is 9.87 Å². The molecule has 1 aromatic rings. The Bertz CT molecular complexity index is 541. The molecule has 0 saturated carbocycles. The van der Waals surface area contributed by atoms with Gasteiger partial charge in [0.2, 0.25) is 15.9 Å². The first kappa shape index (κ1) is 12.4. The van der Waals surface area contributed by atoms with Crippen molar-refractivity contribution in [2.24, 2.45) is 0 Å². The Hall–Kier alpha value is -1.07. The predicted molar refractivity (Wildman–Crippen MR) is 65.3 cm³/mol. The summed E-state index contributed by atoms with van der Waals surface area (Å²) >= 11 is 5.83. The number of sulfonamides is 1. The van der Waals surface area contributed by atoms with Crippen molar-refractivity contribution < 1.29 is 13.2 Å². The molecule has 0 aromatic heterocycles. The zero-order valence-electron chi connectivity index (χ0n) is 9.10. The fourth-order valence-corrected chi connectivity index (χ4v) is 3.43. The third kappa shape index (κ3) is 2.79. The summed E-state index contributed by atoms with van der Waals surface area (Å²) in [6, 6.07) is 7.19. The van der Waals surface area contributed by atoms with E-state index in [1.165, 1.54) is 0 Å². The summed E-state index contributed by atoms with van der Waals surface area (Å²) < 4.78 is 24.0. The van der Waals surface area contributed by atoms with E-state index in [1.807, 2.05) is 6.07 Å². The van der Waals surface area contributed by atoms with Crippen LogP contribution in [0.2, 0.25) is 5.02 Å². The first-order chi connectivity index (χ1) is 7.99. The monoisotopic (exact) mass is 273 g/mol. The number of carbonyl (C=O) groups excluding carboxylic acids is 1. The molecule has 0 N–H and O–H groups in total. The molecule has 0 atom stereocenters. The van der Waals surface area contributed by atoms with Crippen LogP contribution in [0.25, 0.3) is 0 Å². The molecule has 0 radical (unpaired) electrons. The quantitative estimate of drug-likeness (QED) is 0.837. The van der Waals surface area contributed by atoms with E-state index in [0.29, 0.717) is 11.4 Å². The number of amides is 1. The van der Waals surface area contributed by atoms with Gasteiger partial charge >= 0.3 is 0 Å². The number of halogens is 1. The highest BCUT2D eigenvalue weighted by Crippen LogP contribution is 2.17. The third-order valence-corrected chi connectivity index (χ3v) is 4.69. The molecule has 4 nitrogen and oxygen atoms in total. The molecule has 0 unspecified atom stereocenters. The van der Waals surface area contributed by atoms with Crippen molar-refractivity contribution in [1.29, 1.82) is 0 Å². The lowest BCUT2D eigenvalue weighted by molar-refractivity contribution is -0.125. The summed E-state index contributed by atoms with van der Waals surface area (Å²) in [5.74, 6) is -0.381. The molecule has 0 spiro atoms. The minimum atomic E-state index is -3.37. The van der Waals surface area contributed by atoms with Gasteiger partial charge in [0.15, 0.2) is 0 Å². The Labute approximate surface area is 105 Å². The molecule has 1 aromatic carbocycles. The third-order valence-electron chi connectivity index (χ3n) is 2.68. The van der Waals surface area contributed by atoms with Gasteiger partial charge in [-0.25, -0.2) is 12.7 Å². The molecule has 1 amide bonds. The molecule has 1 fully saturated rings. The Morgan fingerprint density at radius 2 is 2.12 bits per heavy atom. The molecule has 1 heterocycles. The minimum absolute atomic E-state index is 0.0681. The SMILES string of the molecule is O=C1CCS(=O)(=O)N1CCc1cccc(Cl)c1. The first-order valence-electron chi connectivity index (χ1n) is 5.27. The van der Waals surface area contributed by atoms with Crippen LogP contribution in [0, 0.1) is 0 Å². The number of nitrogens with zero attached hydrogens (tertiary/aromatic N) is 1. The highest BCUT2D eigenvalue weighted by Gasteiger charge is 2.34. The number of hydrogen-bond donors (Lipinski definition) is 0. The fourth-order valence-electron chi connectivity index (χ4n) is 1.79. The maximum atomic E-state index is 11.5. The van der Waals surface area contributed by atoms with E-state index in [2.05, 4.69) is 0 Å². The van der Waals surface area contributed by atoms with Gasteiger partial charge in [-0.2, -0.15) is 0 Å². The topological polar surface area (TPSA) is 54.5 Å². The molecular weight excluding hydrogens is 262 g/mol. The van der Waals surface area contributed by atoms with Gasteiger partial charge in [0.1, 0.15) is 0 Å². The smallest absolute Gasteiger partial charge is 0.237 e. The van der Waals surface area contributed by atoms with Crippen LogP contribution in [0.4, 0.5) is 0 Å². The Morgan fingerprint density at radius 3 is 2.71 bits per heavy atom. The van der Waals surface area contributed by atoms with Crippen LogP contribution in [-0.2, 0) is 21.2 Å². The Kier molecular flexibility index (Phi) is 3.40. The number of rotatable bonds is 3. The largest absolute Gasteiger partial charge is 0.274 e. The van der Waals surface area contributed by atoms with Crippen LogP contribution in [0.1, 0.15) is 12.0 Å². The van der Waals surface area contributed by atoms with Crippen LogP contribution < -0.4 is 0 Å². The van der Waals surface area contributed by atoms with Crippen molar-refractivity contribution in [1.82, 2.24) is 4.31 Å². The van der Waals surface area contributed by atoms with Gasteiger partial charge < -0.3 is 0 Å². The van der Waals surface area contributed by atoms with Crippen molar-refractivity contribution >= 4 is 27.5 Å². The summed E-state index contributed by atoms with van der Waals surface area (Å²) in [7, 11) is -3.37. The van der Waals surface area contributed by atoms with Crippen LogP contribution in [0.3, 0.4) is 0 Å². The van der Waals surface area contributed by atoms with Crippen molar-refractivity contribution in [2.75, 3.05) is 12.3 Å². The minimum Gasteiger partial charge on any atom is -0.274 e. The van der Waals surface area contributed by atoms with E-state index in [-0.39, 0.29) is 24.6 Å². The zero-order chi connectivity index (χ0) is 12.5. The average molecular weight is 274 g/mol. The standard InChI is InChI=1S/C11H12ClNO3S/c12-10-3-1-2-9(8-10)4-6-13-11(14)5-7-17(13,15)16/h1-3,8H,4-7H2. The molecule has 17 heavy (non-hydrogen) atoms. The lowest BCUT2D eigenvalue weighted by Crippen LogP contribution is -2.31. The molecule has 92 valence electrons. The average Bonchev–Trinajstić information content (AvgIpc) is 2.51. The van der Waals surface area contributed by atoms with Crippen molar-refractivity contribution in [3.63, 3.8) is 0 Å². The van der Waals surface area contributed by atoms with Gasteiger partial charge in [0.05, 0.1) is 5.75 Å². The van der Waals surface area contributed by atoms with Crippen LogP contribution in [0.15, 0.2) is 24.3 Å². The van der Waals surface area contributed by atoms with Crippen molar-refractivity contribution in [3.8, 4) is 0 Å². The highest BCUT2D eigenvalue weighted by molar-refractivity contribution is 7.90. The zero-order valence-corrected chi connectivity index (χ0v) is 10.7. The number of hydrogen-bond acceptors (Lipinski definition) is 3.